The summed E-state index contributed by atoms with van der Waals surface area (Å²) in [6, 6.07) is 45.0. The molecule has 0 bridgehead atoms. The summed E-state index contributed by atoms with van der Waals surface area (Å²) in [6.45, 7) is 14.7. The van der Waals surface area contributed by atoms with Gasteiger partial charge in [-0.15, -0.1) is 0 Å². The van der Waals surface area contributed by atoms with Crippen LogP contribution in [0, 0.1) is 5.92 Å². The number of carbonyl (C=O) groups excluding carboxylic acids is 2. The normalized spacial score (nSPS) is 15.3. The first-order valence-electron chi connectivity index (χ1n) is 22.0. The summed E-state index contributed by atoms with van der Waals surface area (Å²) < 4.78 is 13.4. The second-order valence-corrected chi connectivity index (χ2v) is 23.0. The number of hydrogen-bond acceptors (Lipinski definition) is 7. The monoisotopic (exact) mass is 863 g/mol. The van der Waals surface area contributed by atoms with E-state index in [4.69, 9.17) is 14.9 Å². The molecule has 11 heteroatoms. The van der Waals surface area contributed by atoms with Crippen LogP contribution in [0.1, 0.15) is 67.5 Å². The molecule has 0 radical (unpaired) electrons. The number of nitrogens with one attached hydrogen (secondary N) is 3. The number of H-pyrrole nitrogens is 1. The van der Waals surface area contributed by atoms with Crippen molar-refractivity contribution in [1.82, 2.24) is 15.2 Å². The number of aromatic amines is 1. The van der Waals surface area contributed by atoms with E-state index in [0.29, 0.717) is 50.5 Å². The number of pyridine rings is 1. The van der Waals surface area contributed by atoms with Gasteiger partial charge < -0.3 is 35.4 Å². The van der Waals surface area contributed by atoms with Gasteiger partial charge in [0.2, 0.25) is 17.4 Å². The number of rotatable bonds is 18. The average molecular weight is 864 g/mol. The Bertz CT molecular complexity index is 2490. The summed E-state index contributed by atoms with van der Waals surface area (Å²) in [5.74, 6) is 0.158. The van der Waals surface area contributed by atoms with Crippen LogP contribution < -0.4 is 26.7 Å². The van der Waals surface area contributed by atoms with Crippen LogP contribution in [0.25, 0.3) is 10.9 Å². The maximum Gasteiger partial charge on any atom is 0.248 e. The lowest BCUT2D eigenvalue weighted by atomic mass is 9.64. The number of ether oxygens (including phenoxy) is 1. The Labute approximate surface area is 372 Å². The van der Waals surface area contributed by atoms with Gasteiger partial charge in [0.25, 0.3) is 0 Å². The number of nitrogens with zero attached hydrogens (tertiary/aromatic N) is 1. The maximum atomic E-state index is 13.5. The van der Waals surface area contributed by atoms with Crippen molar-refractivity contribution in [2.45, 2.75) is 76.4 Å². The molecule has 0 saturated carbocycles. The SMILES string of the molecule is CC(C)(C)[Si](C)(C)OC(CNCc1ccc(NC(=O)CCN2CCC(C(C(N)=O)(c3ccccc3)c3ccccc3)C2)cc1)c1ccc(OCc2ccccc2)c2[nH]c(=O)ccc12. The van der Waals surface area contributed by atoms with Gasteiger partial charge in [0.15, 0.2) is 8.32 Å². The van der Waals surface area contributed by atoms with Crippen LogP contribution in [-0.2, 0) is 32.6 Å². The lowest BCUT2D eigenvalue weighted by molar-refractivity contribution is -0.124. The maximum absolute atomic E-state index is 13.5. The molecule has 2 atom stereocenters. The molecule has 5 N–H and O–H groups in total. The first kappa shape index (κ1) is 45.2. The van der Waals surface area contributed by atoms with E-state index in [-0.39, 0.29) is 34.4 Å². The number of benzene rings is 5. The number of fused-ring (bicyclic) bond motifs is 1. The molecular weight excluding hydrogens is 803 g/mol. The molecular formula is C52H61N5O5Si. The largest absolute Gasteiger partial charge is 0.487 e. The minimum absolute atomic E-state index is 0.0210. The van der Waals surface area contributed by atoms with Gasteiger partial charge in [-0.1, -0.05) is 130 Å². The van der Waals surface area contributed by atoms with Crippen molar-refractivity contribution in [2.75, 3.05) is 31.5 Å². The topological polar surface area (TPSA) is 139 Å². The minimum atomic E-state index is -2.24. The van der Waals surface area contributed by atoms with Crippen LogP contribution in [0.5, 0.6) is 5.75 Å². The molecule has 6 aromatic rings. The Morgan fingerprint density at radius 2 is 1.46 bits per heavy atom. The van der Waals surface area contributed by atoms with Crippen LogP contribution in [-0.4, -0.2) is 56.2 Å². The van der Waals surface area contributed by atoms with E-state index < -0.39 is 13.7 Å². The van der Waals surface area contributed by atoms with Crippen molar-refractivity contribution < 1.29 is 18.8 Å². The molecule has 1 saturated heterocycles. The van der Waals surface area contributed by atoms with Crippen molar-refractivity contribution in [3.05, 3.63) is 178 Å². The number of likely N-dealkylation sites (tertiary alicyclic amines) is 1. The second-order valence-electron chi connectivity index (χ2n) is 18.2. The lowest BCUT2D eigenvalue weighted by Crippen LogP contribution is -2.49. The molecule has 7 rings (SSSR count). The van der Waals surface area contributed by atoms with E-state index in [2.05, 4.69) is 60.4 Å². The average Bonchev–Trinajstić information content (AvgIpc) is 3.75. The Morgan fingerprint density at radius 3 is 2.08 bits per heavy atom. The zero-order valence-corrected chi connectivity index (χ0v) is 38.2. The van der Waals surface area contributed by atoms with Crippen LogP contribution in [0.15, 0.2) is 144 Å². The third kappa shape index (κ3) is 10.5. The van der Waals surface area contributed by atoms with Crippen LogP contribution in [0.4, 0.5) is 5.69 Å². The Hall–Kier alpha value is -5.85. The van der Waals surface area contributed by atoms with Crippen molar-refractivity contribution >= 4 is 36.7 Å². The number of hydrogen-bond donors (Lipinski definition) is 4. The van der Waals surface area contributed by atoms with Crippen LogP contribution >= 0.6 is 0 Å². The Kier molecular flexibility index (Phi) is 14.1. The summed E-state index contributed by atoms with van der Waals surface area (Å²) in [5.41, 5.74) is 11.4. The van der Waals surface area contributed by atoms with E-state index in [1.165, 1.54) is 0 Å². The smallest absolute Gasteiger partial charge is 0.248 e. The lowest BCUT2D eigenvalue weighted by Gasteiger charge is -2.39. The molecule has 10 nitrogen and oxygen atoms in total. The summed E-state index contributed by atoms with van der Waals surface area (Å²) in [6.07, 6.45) is 0.825. The zero-order valence-electron chi connectivity index (χ0n) is 37.2. The van der Waals surface area contributed by atoms with Gasteiger partial charge in [0.05, 0.1) is 11.6 Å². The number of nitrogens with two attached hydrogens (primary N) is 1. The zero-order chi connectivity index (χ0) is 44.6. The fourth-order valence-corrected chi connectivity index (χ4v) is 9.86. The van der Waals surface area contributed by atoms with Crippen LogP contribution in [0.2, 0.25) is 18.1 Å². The van der Waals surface area contributed by atoms with Gasteiger partial charge in [-0.2, -0.15) is 0 Å². The van der Waals surface area contributed by atoms with Crippen molar-refractivity contribution in [1.29, 1.82) is 0 Å². The molecule has 2 heterocycles. The molecule has 2 amide bonds. The van der Waals surface area contributed by atoms with Gasteiger partial charge in [-0.25, -0.2) is 0 Å². The van der Waals surface area contributed by atoms with E-state index >= 15 is 0 Å². The highest BCUT2D eigenvalue weighted by Gasteiger charge is 2.49. The highest BCUT2D eigenvalue weighted by molar-refractivity contribution is 6.74. The summed E-state index contributed by atoms with van der Waals surface area (Å²) in [4.78, 5) is 44.6. The molecule has 328 valence electrons. The summed E-state index contributed by atoms with van der Waals surface area (Å²) in [5, 5.41) is 7.57. The molecule has 5 aromatic carbocycles. The highest BCUT2D eigenvalue weighted by Crippen LogP contribution is 2.44. The van der Waals surface area contributed by atoms with E-state index in [1.54, 1.807) is 6.07 Å². The number of amides is 2. The number of carbonyl (C=O) groups is 2. The quantitative estimate of drug-likeness (QED) is 0.0633. The third-order valence-electron chi connectivity index (χ3n) is 13.0. The van der Waals surface area contributed by atoms with Gasteiger partial charge >= 0.3 is 0 Å². The fourth-order valence-electron chi connectivity index (χ4n) is 8.58. The fraction of sp³-hybridized carbons (Fsp3) is 0.327. The summed E-state index contributed by atoms with van der Waals surface area (Å²) in [7, 11) is -2.24. The summed E-state index contributed by atoms with van der Waals surface area (Å²) >= 11 is 0. The van der Waals surface area contributed by atoms with Crippen molar-refractivity contribution in [2.24, 2.45) is 11.7 Å². The molecule has 63 heavy (non-hydrogen) atoms. The predicted molar refractivity (Wildman–Crippen MR) is 255 cm³/mol. The second kappa shape index (κ2) is 19.7. The number of anilines is 1. The van der Waals surface area contributed by atoms with E-state index in [0.717, 1.165) is 51.9 Å². The molecule has 1 aromatic heterocycles. The van der Waals surface area contributed by atoms with Crippen LogP contribution in [0.3, 0.4) is 0 Å². The molecule has 0 aliphatic carbocycles. The van der Waals surface area contributed by atoms with Gasteiger partial charge in [-0.3, -0.25) is 14.4 Å². The molecule has 1 aliphatic heterocycles. The Morgan fingerprint density at radius 1 is 0.825 bits per heavy atom. The third-order valence-corrected chi connectivity index (χ3v) is 17.5. The van der Waals surface area contributed by atoms with Gasteiger partial charge in [-0.05, 0) is 89.1 Å². The van der Waals surface area contributed by atoms with Crippen molar-refractivity contribution in [3.63, 3.8) is 0 Å². The van der Waals surface area contributed by atoms with Crippen molar-refractivity contribution in [3.8, 4) is 5.75 Å². The Balaban J connectivity index is 0.971. The number of primary amides is 1. The van der Waals surface area contributed by atoms with Gasteiger partial charge in [0, 0.05) is 49.7 Å². The van der Waals surface area contributed by atoms with E-state index in [9.17, 15) is 14.4 Å². The molecule has 1 aliphatic rings. The van der Waals surface area contributed by atoms with E-state index in [1.807, 2.05) is 127 Å². The van der Waals surface area contributed by atoms with Gasteiger partial charge in [0.1, 0.15) is 17.8 Å². The standard InChI is InChI=1S/C52H61N5O5Si/c1-51(2,3)63(4,5)62-46(43-25-27-45(49-44(43)26-28-47(58)56-49)61-36-38-15-9-6-10-16-38)34-54-33-37-21-23-42(24-22-37)55-48(59)30-32-57-31-29-41(35-57)52(50(53)60,39-17-11-7-12-18-39)40-19-13-8-14-20-40/h6-28,41,46,54H,29-36H2,1-5H3,(H2,53,60)(H,55,59)(H,56,58). The first-order chi connectivity index (χ1) is 30.2. The number of aromatic nitrogens is 1. The predicted octanol–water partition coefficient (Wildman–Crippen LogP) is 9.08. The molecule has 0 spiro atoms. The molecule has 1 fully saturated rings. The minimum Gasteiger partial charge on any atom is -0.487 e. The highest BCUT2D eigenvalue weighted by atomic mass is 28.4. The molecule has 2 unspecified atom stereocenters. The first-order valence-corrected chi connectivity index (χ1v) is 24.9.